The molecule has 0 fully saturated rings. The number of urea groups is 1. The van der Waals surface area contributed by atoms with Crippen molar-refractivity contribution >= 4 is 29.2 Å². The fourth-order valence-corrected chi connectivity index (χ4v) is 2.32. The van der Waals surface area contributed by atoms with Gasteiger partial charge >= 0.3 is 6.03 Å². The number of primary amides is 1. The number of carbonyl (C=O) groups is 2. The van der Waals surface area contributed by atoms with Crippen molar-refractivity contribution in [1.29, 1.82) is 0 Å². The number of hydrogen-bond donors (Lipinski definition) is 2. The minimum Gasteiger partial charge on any atom is -0.351 e. The molecule has 0 saturated heterocycles. The summed E-state index contributed by atoms with van der Waals surface area (Å²) in [5, 5.41) is 2.28. The smallest absolute Gasteiger partial charge is 0.318 e. The molecule has 1 atom stereocenters. The summed E-state index contributed by atoms with van der Waals surface area (Å²) in [6.07, 6.45) is 3.59. The highest BCUT2D eigenvalue weighted by atomic mass is 32.2. The van der Waals surface area contributed by atoms with Gasteiger partial charge in [0.1, 0.15) is 0 Å². The van der Waals surface area contributed by atoms with Crippen molar-refractivity contribution in [3.63, 3.8) is 0 Å². The molecule has 2 aromatic heterocycles. The molecule has 0 radical (unpaired) electrons. The van der Waals surface area contributed by atoms with Gasteiger partial charge in [0.25, 0.3) is 0 Å². The Kier molecular flexibility index (Phi) is 3.52. The summed E-state index contributed by atoms with van der Waals surface area (Å²) in [4.78, 5) is 26.4. The van der Waals surface area contributed by atoms with E-state index in [1.54, 1.807) is 13.1 Å². The predicted octanol–water partition coefficient (Wildman–Crippen LogP) is 1.01. The largest absolute Gasteiger partial charge is 0.351 e. The van der Waals surface area contributed by atoms with Gasteiger partial charge in [-0.1, -0.05) is 17.8 Å². The van der Waals surface area contributed by atoms with Gasteiger partial charge < -0.3 is 5.73 Å². The average molecular weight is 264 g/mol. The molecule has 7 heteroatoms. The van der Waals surface area contributed by atoms with E-state index in [1.165, 1.54) is 11.8 Å². The van der Waals surface area contributed by atoms with E-state index in [-0.39, 0.29) is 0 Å². The van der Waals surface area contributed by atoms with Gasteiger partial charge in [0, 0.05) is 6.20 Å². The molecule has 0 aromatic carbocycles. The van der Waals surface area contributed by atoms with Crippen LogP contribution in [0.2, 0.25) is 0 Å². The zero-order valence-electron chi connectivity index (χ0n) is 9.66. The lowest BCUT2D eigenvalue weighted by molar-refractivity contribution is -0.119. The summed E-state index contributed by atoms with van der Waals surface area (Å²) < 4.78 is 1.87. The molecule has 1 unspecified atom stereocenters. The maximum absolute atomic E-state index is 11.5. The van der Waals surface area contributed by atoms with E-state index in [0.29, 0.717) is 5.16 Å². The van der Waals surface area contributed by atoms with Gasteiger partial charge in [-0.05, 0) is 19.1 Å². The first-order chi connectivity index (χ1) is 8.58. The van der Waals surface area contributed by atoms with Gasteiger partial charge in [-0.2, -0.15) is 0 Å². The molecule has 0 aliphatic heterocycles. The van der Waals surface area contributed by atoms with Crippen molar-refractivity contribution in [2.75, 3.05) is 0 Å². The van der Waals surface area contributed by atoms with Crippen molar-refractivity contribution in [3.8, 4) is 0 Å². The third-order valence-electron chi connectivity index (χ3n) is 2.30. The van der Waals surface area contributed by atoms with Crippen LogP contribution in [0.3, 0.4) is 0 Å². The fourth-order valence-electron chi connectivity index (χ4n) is 1.44. The molecule has 3 amide bonds. The lowest BCUT2D eigenvalue weighted by atomic mass is 10.4. The normalized spacial score (nSPS) is 12.3. The Balaban J connectivity index is 2.14. The van der Waals surface area contributed by atoms with Crippen molar-refractivity contribution in [1.82, 2.24) is 14.7 Å². The Morgan fingerprint density at radius 3 is 3.00 bits per heavy atom. The molecule has 18 heavy (non-hydrogen) atoms. The van der Waals surface area contributed by atoms with Gasteiger partial charge in [0.05, 0.1) is 17.0 Å². The highest BCUT2D eigenvalue weighted by molar-refractivity contribution is 8.00. The van der Waals surface area contributed by atoms with Crippen LogP contribution >= 0.6 is 11.8 Å². The molecule has 0 bridgehead atoms. The first-order valence-corrected chi connectivity index (χ1v) is 6.15. The van der Waals surface area contributed by atoms with Crippen LogP contribution in [0.1, 0.15) is 6.92 Å². The molecule has 0 aliphatic rings. The van der Waals surface area contributed by atoms with E-state index in [0.717, 1.165) is 5.52 Å². The summed E-state index contributed by atoms with van der Waals surface area (Å²) >= 11 is 1.26. The highest BCUT2D eigenvalue weighted by Gasteiger charge is 2.18. The maximum Gasteiger partial charge on any atom is 0.318 e. The molecule has 2 aromatic rings. The summed E-state index contributed by atoms with van der Waals surface area (Å²) in [6, 6.07) is 4.87. The lowest BCUT2D eigenvalue weighted by Gasteiger charge is -2.08. The van der Waals surface area contributed by atoms with Gasteiger partial charge in [-0.25, -0.2) is 9.78 Å². The number of aromatic nitrogens is 2. The van der Waals surface area contributed by atoms with Gasteiger partial charge in [-0.15, -0.1) is 0 Å². The number of thioether (sulfide) groups is 1. The molecule has 0 saturated carbocycles. The minimum absolute atomic E-state index is 0.430. The standard InChI is InChI=1S/C11H12N4O2S/c1-7(9(16)14-10(12)17)18-11-13-6-8-4-2-3-5-15(8)11/h2-7H,1H3,(H3,12,14,16,17). The van der Waals surface area contributed by atoms with Gasteiger partial charge in [0.15, 0.2) is 5.16 Å². The number of fused-ring (bicyclic) bond motifs is 1. The number of amides is 3. The third kappa shape index (κ3) is 2.62. The quantitative estimate of drug-likeness (QED) is 0.810. The van der Waals surface area contributed by atoms with Crippen molar-refractivity contribution in [3.05, 3.63) is 30.6 Å². The maximum atomic E-state index is 11.5. The van der Waals surface area contributed by atoms with Crippen LogP contribution in [0, 0.1) is 0 Å². The molecule has 2 rings (SSSR count). The van der Waals surface area contributed by atoms with Crippen LogP contribution < -0.4 is 11.1 Å². The Morgan fingerprint density at radius 2 is 2.28 bits per heavy atom. The Hall–Kier alpha value is -2.02. The second-order valence-corrected chi connectivity index (χ2v) is 4.96. The van der Waals surface area contributed by atoms with Crippen molar-refractivity contribution in [2.45, 2.75) is 17.3 Å². The summed E-state index contributed by atoms with van der Waals surface area (Å²) in [5.41, 5.74) is 5.84. The number of pyridine rings is 1. The van der Waals surface area contributed by atoms with E-state index in [2.05, 4.69) is 4.98 Å². The molecular formula is C11H12N4O2S. The Labute approximate surface area is 108 Å². The first kappa shape index (κ1) is 12.4. The zero-order valence-corrected chi connectivity index (χ0v) is 10.5. The predicted molar refractivity (Wildman–Crippen MR) is 68.2 cm³/mol. The SMILES string of the molecule is CC(Sc1ncc2ccccn12)C(=O)NC(N)=O. The number of carbonyl (C=O) groups excluding carboxylic acids is 2. The topological polar surface area (TPSA) is 89.5 Å². The van der Waals surface area contributed by atoms with E-state index < -0.39 is 17.2 Å². The highest BCUT2D eigenvalue weighted by Crippen LogP contribution is 2.22. The number of nitrogens with zero attached hydrogens (tertiary/aromatic N) is 2. The van der Waals surface area contributed by atoms with Crippen LogP contribution in [-0.2, 0) is 4.79 Å². The monoisotopic (exact) mass is 264 g/mol. The number of nitrogens with one attached hydrogen (secondary N) is 1. The first-order valence-electron chi connectivity index (χ1n) is 5.27. The third-order valence-corrected chi connectivity index (χ3v) is 3.38. The lowest BCUT2D eigenvalue weighted by Crippen LogP contribution is -2.39. The second kappa shape index (κ2) is 5.09. The van der Waals surface area contributed by atoms with E-state index in [9.17, 15) is 9.59 Å². The zero-order chi connectivity index (χ0) is 13.1. The van der Waals surface area contributed by atoms with Gasteiger partial charge in [0.2, 0.25) is 5.91 Å². The van der Waals surface area contributed by atoms with Crippen LogP contribution in [0.15, 0.2) is 35.7 Å². The van der Waals surface area contributed by atoms with Crippen LogP contribution in [0.4, 0.5) is 4.79 Å². The second-order valence-electron chi connectivity index (χ2n) is 3.65. The van der Waals surface area contributed by atoms with Crippen LogP contribution in [-0.4, -0.2) is 26.6 Å². The number of nitrogens with two attached hydrogens (primary N) is 1. The van der Waals surface area contributed by atoms with E-state index >= 15 is 0 Å². The van der Waals surface area contributed by atoms with E-state index in [4.69, 9.17) is 5.73 Å². The van der Waals surface area contributed by atoms with Crippen LogP contribution in [0.25, 0.3) is 5.52 Å². The molecule has 3 N–H and O–H groups in total. The molecule has 94 valence electrons. The average Bonchev–Trinajstić information content (AvgIpc) is 2.72. The Bertz CT molecular complexity index is 595. The number of rotatable bonds is 3. The molecule has 2 heterocycles. The molecule has 0 spiro atoms. The van der Waals surface area contributed by atoms with Crippen molar-refractivity contribution in [2.24, 2.45) is 5.73 Å². The van der Waals surface area contributed by atoms with Crippen molar-refractivity contribution < 1.29 is 9.59 Å². The van der Waals surface area contributed by atoms with Gasteiger partial charge in [-0.3, -0.25) is 14.5 Å². The number of imide groups is 1. The minimum atomic E-state index is -0.847. The van der Waals surface area contributed by atoms with E-state index in [1.807, 2.05) is 34.1 Å². The molecule has 6 nitrogen and oxygen atoms in total. The summed E-state index contributed by atoms with van der Waals surface area (Å²) in [5.74, 6) is -0.430. The molecular weight excluding hydrogens is 252 g/mol. The number of hydrogen-bond acceptors (Lipinski definition) is 4. The molecule has 0 aliphatic carbocycles. The summed E-state index contributed by atoms with van der Waals surface area (Å²) in [7, 11) is 0. The fraction of sp³-hybridized carbons (Fsp3) is 0.182. The number of imidazole rings is 1. The summed E-state index contributed by atoms with van der Waals surface area (Å²) in [6.45, 7) is 1.69. The van der Waals surface area contributed by atoms with Crippen LogP contribution in [0.5, 0.6) is 0 Å². The Morgan fingerprint density at radius 1 is 1.50 bits per heavy atom.